The summed E-state index contributed by atoms with van der Waals surface area (Å²) in [5.74, 6) is -0.00943. The molecule has 0 bridgehead atoms. The van der Waals surface area contributed by atoms with Crippen LogP contribution >= 0.6 is 11.6 Å². The van der Waals surface area contributed by atoms with Gasteiger partial charge in [-0.15, -0.1) is 11.6 Å². The molecule has 0 spiro atoms. The Morgan fingerprint density at radius 1 is 1.44 bits per heavy atom. The lowest BCUT2D eigenvalue weighted by Gasteiger charge is -2.34. The van der Waals surface area contributed by atoms with Gasteiger partial charge in [0.15, 0.2) is 0 Å². The lowest BCUT2D eigenvalue weighted by atomic mass is 9.84. The molecule has 1 aliphatic carbocycles. The van der Waals surface area contributed by atoms with Gasteiger partial charge in [-0.25, -0.2) is 0 Å². The molecule has 0 unspecified atom stereocenters. The zero-order valence-corrected chi connectivity index (χ0v) is 10.9. The molecule has 0 heterocycles. The van der Waals surface area contributed by atoms with E-state index in [4.69, 9.17) is 11.6 Å². The second-order valence-corrected chi connectivity index (χ2v) is 5.44. The van der Waals surface area contributed by atoms with Crippen LogP contribution in [0.15, 0.2) is 18.2 Å². The van der Waals surface area contributed by atoms with Crippen LogP contribution in [0.3, 0.4) is 0 Å². The van der Waals surface area contributed by atoms with Gasteiger partial charge >= 0.3 is 0 Å². The minimum atomic E-state index is -0.290. The second-order valence-electron chi connectivity index (χ2n) is 4.82. The van der Waals surface area contributed by atoms with E-state index in [1.54, 1.807) is 11.9 Å². The number of rotatable bonds is 3. The third-order valence-corrected chi connectivity index (χ3v) is 3.62. The van der Waals surface area contributed by atoms with Gasteiger partial charge in [0.25, 0.3) is 5.91 Å². The summed E-state index contributed by atoms with van der Waals surface area (Å²) in [4.78, 5) is 13.7. The average Bonchev–Trinajstić information content (AvgIpc) is 2.29. The highest BCUT2D eigenvalue weighted by Gasteiger charge is 2.29. The van der Waals surface area contributed by atoms with E-state index in [2.05, 4.69) is 0 Å². The van der Waals surface area contributed by atoms with Gasteiger partial charge in [-0.05, 0) is 37.0 Å². The summed E-state index contributed by atoms with van der Waals surface area (Å²) in [6.45, 7) is 0.622. The molecule has 5 heteroatoms. The topological polar surface area (TPSA) is 60.8 Å². The number of aromatic hydroxyl groups is 2. The van der Waals surface area contributed by atoms with Crippen molar-refractivity contribution in [2.45, 2.75) is 18.2 Å². The zero-order chi connectivity index (χ0) is 13.3. The van der Waals surface area contributed by atoms with E-state index in [0.29, 0.717) is 12.5 Å². The van der Waals surface area contributed by atoms with Crippen molar-refractivity contribution in [3.8, 4) is 11.5 Å². The summed E-state index contributed by atoms with van der Waals surface area (Å²) in [5.41, 5.74) is 0.124. The van der Waals surface area contributed by atoms with Crippen LogP contribution in [0.4, 0.5) is 0 Å². The number of amides is 1. The minimum Gasteiger partial charge on any atom is -0.508 e. The molecule has 1 amide bonds. The Hall–Kier alpha value is -1.42. The lowest BCUT2D eigenvalue weighted by Crippen LogP contribution is -2.37. The van der Waals surface area contributed by atoms with Crippen molar-refractivity contribution in [2.24, 2.45) is 5.92 Å². The van der Waals surface area contributed by atoms with Gasteiger partial charge in [0, 0.05) is 19.0 Å². The molecule has 4 nitrogen and oxygen atoms in total. The number of benzene rings is 1. The van der Waals surface area contributed by atoms with Crippen LogP contribution in [-0.4, -0.2) is 40.0 Å². The molecule has 0 aliphatic heterocycles. The Bertz CT molecular complexity index is 458. The Balaban J connectivity index is 2.03. The summed E-state index contributed by atoms with van der Waals surface area (Å²) in [6.07, 6.45) is 1.84. The fourth-order valence-corrected chi connectivity index (χ4v) is 2.68. The number of halogens is 1. The van der Waals surface area contributed by atoms with Gasteiger partial charge in [-0.2, -0.15) is 0 Å². The smallest absolute Gasteiger partial charge is 0.257 e. The molecular formula is C13H16ClNO3. The van der Waals surface area contributed by atoms with E-state index in [9.17, 15) is 15.0 Å². The SMILES string of the molecule is CN(CC1CC(Cl)C1)C(=O)c1cc(O)ccc1O. The maximum atomic E-state index is 12.1. The molecule has 1 saturated carbocycles. The highest BCUT2D eigenvalue weighted by molar-refractivity contribution is 6.21. The first-order chi connectivity index (χ1) is 8.47. The van der Waals surface area contributed by atoms with Crippen molar-refractivity contribution in [1.82, 2.24) is 4.90 Å². The predicted molar refractivity (Wildman–Crippen MR) is 69.1 cm³/mol. The molecule has 0 radical (unpaired) electrons. The van der Waals surface area contributed by atoms with Crippen molar-refractivity contribution in [3.05, 3.63) is 23.8 Å². The van der Waals surface area contributed by atoms with Crippen LogP contribution in [0.2, 0.25) is 0 Å². The first kappa shape index (κ1) is 13.0. The number of carbonyl (C=O) groups excluding carboxylic acids is 1. The molecule has 0 atom stereocenters. The van der Waals surface area contributed by atoms with E-state index in [0.717, 1.165) is 12.8 Å². The molecule has 1 fully saturated rings. The molecule has 0 saturated heterocycles. The summed E-state index contributed by atoms with van der Waals surface area (Å²) < 4.78 is 0. The Morgan fingerprint density at radius 2 is 2.11 bits per heavy atom. The standard InChI is InChI=1S/C13H16ClNO3/c1-15(7-8-4-9(14)5-8)13(18)11-6-10(16)2-3-12(11)17/h2-3,6,8-9,16-17H,4-5,7H2,1H3. The molecule has 0 aromatic heterocycles. The first-order valence-electron chi connectivity index (χ1n) is 5.89. The van der Waals surface area contributed by atoms with Gasteiger partial charge in [0.05, 0.1) is 5.56 Å². The molecule has 18 heavy (non-hydrogen) atoms. The quantitative estimate of drug-likeness (QED) is 0.653. The maximum absolute atomic E-state index is 12.1. The van der Waals surface area contributed by atoms with Gasteiger partial charge in [0.2, 0.25) is 0 Å². The molecule has 2 rings (SSSR count). The van der Waals surface area contributed by atoms with E-state index in [1.165, 1.54) is 18.2 Å². The van der Waals surface area contributed by atoms with Crippen LogP contribution in [0.1, 0.15) is 23.2 Å². The Labute approximate surface area is 111 Å². The number of phenols is 2. The van der Waals surface area contributed by atoms with Crippen LogP contribution in [0, 0.1) is 5.92 Å². The van der Waals surface area contributed by atoms with Crippen LogP contribution in [-0.2, 0) is 0 Å². The first-order valence-corrected chi connectivity index (χ1v) is 6.32. The molecule has 1 aromatic rings. The summed E-state index contributed by atoms with van der Waals surface area (Å²) >= 11 is 5.89. The average molecular weight is 270 g/mol. The van der Waals surface area contributed by atoms with E-state index < -0.39 is 0 Å². The minimum absolute atomic E-state index is 0.0333. The number of phenolic OH excluding ortho intramolecular Hbond substituents is 2. The summed E-state index contributed by atoms with van der Waals surface area (Å²) in [5, 5.41) is 19.2. The number of carbonyl (C=O) groups is 1. The highest BCUT2D eigenvalue weighted by atomic mass is 35.5. The Kier molecular flexibility index (Phi) is 3.66. The van der Waals surface area contributed by atoms with Gasteiger partial charge < -0.3 is 15.1 Å². The van der Waals surface area contributed by atoms with Crippen molar-refractivity contribution in [1.29, 1.82) is 0 Å². The van der Waals surface area contributed by atoms with Crippen LogP contribution in [0.25, 0.3) is 0 Å². The zero-order valence-electron chi connectivity index (χ0n) is 10.1. The summed E-state index contributed by atoms with van der Waals surface area (Å²) in [6, 6.07) is 3.93. The maximum Gasteiger partial charge on any atom is 0.257 e. The number of hydrogen-bond acceptors (Lipinski definition) is 3. The van der Waals surface area contributed by atoms with Gasteiger partial charge in [-0.3, -0.25) is 4.79 Å². The van der Waals surface area contributed by atoms with Crippen molar-refractivity contribution < 1.29 is 15.0 Å². The van der Waals surface area contributed by atoms with Gasteiger partial charge in [-0.1, -0.05) is 0 Å². The highest BCUT2D eigenvalue weighted by Crippen LogP contribution is 2.33. The number of hydrogen-bond donors (Lipinski definition) is 2. The van der Waals surface area contributed by atoms with E-state index in [1.807, 2.05) is 0 Å². The lowest BCUT2D eigenvalue weighted by molar-refractivity contribution is 0.0743. The summed E-state index contributed by atoms with van der Waals surface area (Å²) in [7, 11) is 1.69. The largest absolute Gasteiger partial charge is 0.508 e. The number of alkyl halides is 1. The third-order valence-electron chi connectivity index (χ3n) is 3.27. The fraction of sp³-hybridized carbons (Fsp3) is 0.462. The van der Waals surface area contributed by atoms with Crippen LogP contribution in [0.5, 0.6) is 11.5 Å². The fourth-order valence-electron chi connectivity index (χ4n) is 2.17. The van der Waals surface area contributed by atoms with E-state index in [-0.39, 0.29) is 28.3 Å². The van der Waals surface area contributed by atoms with E-state index >= 15 is 0 Å². The van der Waals surface area contributed by atoms with Crippen molar-refractivity contribution in [2.75, 3.05) is 13.6 Å². The molecule has 2 N–H and O–H groups in total. The number of nitrogens with zero attached hydrogens (tertiary/aromatic N) is 1. The van der Waals surface area contributed by atoms with Crippen molar-refractivity contribution in [3.63, 3.8) is 0 Å². The molecule has 1 aromatic carbocycles. The van der Waals surface area contributed by atoms with Gasteiger partial charge in [0.1, 0.15) is 11.5 Å². The molecule has 98 valence electrons. The molecular weight excluding hydrogens is 254 g/mol. The van der Waals surface area contributed by atoms with Crippen molar-refractivity contribution >= 4 is 17.5 Å². The predicted octanol–water partition coefficient (Wildman–Crippen LogP) is 2.19. The normalized spacial score (nSPS) is 22.3. The molecule has 1 aliphatic rings. The third kappa shape index (κ3) is 2.70. The van der Waals surface area contributed by atoms with Crippen LogP contribution < -0.4 is 0 Å². The monoisotopic (exact) mass is 269 g/mol. The second kappa shape index (κ2) is 5.06. The Morgan fingerprint density at radius 3 is 2.72 bits per heavy atom.